The molecule has 1 heterocycles. The molecule has 0 spiro atoms. The SMILES string of the molecule is COc1cc(C(C)F)c(OC)cc1-c1cc(C(=O)O)no1. The second-order valence-corrected chi connectivity index (χ2v) is 4.29. The molecule has 0 fully saturated rings. The predicted octanol–water partition coefficient (Wildman–Crippen LogP) is 3.09. The summed E-state index contributed by atoms with van der Waals surface area (Å²) in [5.74, 6) is -0.358. The molecule has 6 nitrogen and oxygen atoms in total. The molecule has 1 atom stereocenters. The van der Waals surface area contributed by atoms with Gasteiger partial charge in [-0.25, -0.2) is 9.18 Å². The zero-order valence-electron chi connectivity index (χ0n) is 11.7. The molecule has 2 aromatic rings. The van der Waals surface area contributed by atoms with Crippen LogP contribution in [0.3, 0.4) is 0 Å². The molecular weight excluding hydrogens is 281 g/mol. The molecule has 21 heavy (non-hydrogen) atoms. The molecule has 112 valence electrons. The van der Waals surface area contributed by atoms with Gasteiger partial charge >= 0.3 is 5.97 Å². The van der Waals surface area contributed by atoms with E-state index in [1.807, 2.05) is 0 Å². The highest BCUT2D eigenvalue weighted by Crippen LogP contribution is 2.39. The average molecular weight is 295 g/mol. The number of hydrogen-bond acceptors (Lipinski definition) is 5. The Labute approximate surface area is 120 Å². The van der Waals surface area contributed by atoms with Crippen LogP contribution in [0.2, 0.25) is 0 Å². The van der Waals surface area contributed by atoms with Gasteiger partial charge < -0.3 is 19.1 Å². The maximum atomic E-state index is 13.6. The number of alkyl halides is 1. The fourth-order valence-electron chi connectivity index (χ4n) is 1.93. The topological polar surface area (TPSA) is 81.8 Å². The lowest BCUT2D eigenvalue weighted by Crippen LogP contribution is -1.97. The highest BCUT2D eigenvalue weighted by molar-refractivity contribution is 5.87. The Morgan fingerprint density at radius 3 is 2.43 bits per heavy atom. The predicted molar refractivity (Wildman–Crippen MR) is 71.5 cm³/mol. The number of aromatic carboxylic acids is 1. The van der Waals surface area contributed by atoms with Crippen molar-refractivity contribution >= 4 is 5.97 Å². The molecule has 1 aromatic carbocycles. The molecule has 2 rings (SSSR count). The van der Waals surface area contributed by atoms with Gasteiger partial charge in [0.15, 0.2) is 11.5 Å². The van der Waals surface area contributed by atoms with Crippen molar-refractivity contribution in [3.8, 4) is 22.8 Å². The number of benzene rings is 1. The summed E-state index contributed by atoms with van der Waals surface area (Å²) in [5.41, 5.74) is 0.531. The van der Waals surface area contributed by atoms with Gasteiger partial charge in [0.1, 0.15) is 17.7 Å². The smallest absolute Gasteiger partial charge is 0.358 e. The fraction of sp³-hybridized carbons (Fsp3) is 0.286. The van der Waals surface area contributed by atoms with E-state index >= 15 is 0 Å². The summed E-state index contributed by atoms with van der Waals surface area (Å²) in [7, 11) is 2.84. The summed E-state index contributed by atoms with van der Waals surface area (Å²) < 4.78 is 28.9. The van der Waals surface area contributed by atoms with Gasteiger partial charge in [0, 0.05) is 11.6 Å². The van der Waals surface area contributed by atoms with Gasteiger partial charge in [-0.3, -0.25) is 0 Å². The Morgan fingerprint density at radius 1 is 1.29 bits per heavy atom. The molecule has 1 unspecified atom stereocenters. The molecule has 0 saturated heterocycles. The van der Waals surface area contributed by atoms with Crippen molar-refractivity contribution in [1.82, 2.24) is 5.16 Å². The molecule has 1 aromatic heterocycles. The van der Waals surface area contributed by atoms with Gasteiger partial charge in [0.2, 0.25) is 0 Å². The van der Waals surface area contributed by atoms with Crippen molar-refractivity contribution in [2.24, 2.45) is 0 Å². The maximum Gasteiger partial charge on any atom is 0.358 e. The number of methoxy groups -OCH3 is 2. The van der Waals surface area contributed by atoms with E-state index in [4.69, 9.17) is 19.1 Å². The van der Waals surface area contributed by atoms with Gasteiger partial charge in [-0.05, 0) is 19.1 Å². The van der Waals surface area contributed by atoms with Crippen LogP contribution in [-0.2, 0) is 0 Å². The first-order valence-electron chi connectivity index (χ1n) is 6.08. The number of halogens is 1. The van der Waals surface area contributed by atoms with Crippen molar-refractivity contribution in [2.75, 3.05) is 14.2 Å². The quantitative estimate of drug-likeness (QED) is 0.912. The number of carboxylic acid groups (broad SMARTS) is 1. The third-order valence-corrected chi connectivity index (χ3v) is 2.98. The molecule has 0 amide bonds. The van der Waals surface area contributed by atoms with Crippen LogP contribution < -0.4 is 9.47 Å². The van der Waals surface area contributed by atoms with Crippen molar-refractivity contribution in [3.63, 3.8) is 0 Å². The first kappa shape index (κ1) is 14.8. The van der Waals surface area contributed by atoms with E-state index in [-0.39, 0.29) is 11.5 Å². The fourth-order valence-corrected chi connectivity index (χ4v) is 1.93. The standard InChI is InChI=1S/C14H14FNO5/c1-7(15)8-4-12(20-3)9(5-11(8)19-2)13-6-10(14(17)18)16-21-13/h4-7H,1-3H3,(H,17,18). The molecule has 0 saturated carbocycles. The molecule has 0 aliphatic heterocycles. The summed E-state index contributed by atoms with van der Waals surface area (Å²) in [6.45, 7) is 1.38. The monoisotopic (exact) mass is 295 g/mol. The van der Waals surface area contributed by atoms with Gasteiger partial charge in [-0.1, -0.05) is 5.16 Å². The van der Waals surface area contributed by atoms with Crippen LogP contribution in [0.1, 0.15) is 29.1 Å². The first-order valence-corrected chi connectivity index (χ1v) is 6.08. The van der Waals surface area contributed by atoms with E-state index < -0.39 is 12.1 Å². The Balaban J connectivity index is 2.58. The van der Waals surface area contributed by atoms with Crippen LogP contribution in [0.4, 0.5) is 4.39 Å². The van der Waals surface area contributed by atoms with E-state index in [1.165, 1.54) is 39.3 Å². The number of hydrogen-bond donors (Lipinski definition) is 1. The zero-order chi connectivity index (χ0) is 15.6. The van der Waals surface area contributed by atoms with Crippen LogP contribution >= 0.6 is 0 Å². The van der Waals surface area contributed by atoms with E-state index in [1.54, 1.807) is 0 Å². The van der Waals surface area contributed by atoms with E-state index in [0.29, 0.717) is 22.6 Å². The van der Waals surface area contributed by atoms with E-state index in [9.17, 15) is 9.18 Å². The summed E-state index contributed by atoms with van der Waals surface area (Å²) in [4.78, 5) is 10.8. The van der Waals surface area contributed by atoms with Crippen LogP contribution in [-0.4, -0.2) is 30.5 Å². The summed E-state index contributed by atoms with van der Waals surface area (Å²) in [6.07, 6.45) is -1.24. The summed E-state index contributed by atoms with van der Waals surface area (Å²) in [5, 5.41) is 12.3. The Hall–Kier alpha value is -2.57. The molecule has 0 bridgehead atoms. The third-order valence-electron chi connectivity index (χ3n) is 2.98. The van der Waals surface area contributed by atoms with Crippen molar-refractivity contribution in [3.05, 3.63) is 29.5 Å². The number of carboxylic acids is 1. The molecule has 1 N–H and O–H groups in total. The molecule has 0 aliphatic carbocycles. The number of carbonyl (C=O) groups is 1. The Morgan fingerprint density at radius 2 is 1.95 bits per heavy atom. The Bertz CT molecular complexity index is 665. The van der Waals surface area contributed by atoms with Crippen molar-refractivity contribution in [1.29, 1.82) is 0 Å². The van der Waals surface area contributed by atoms with Gasteiger partial charge in [0.05, 0.1) is 19.8 Å². The number of rotatable bonds is 5. The highest BCUT2D eigenvalue weighted by Gasteiger charge is 2.20. The second-order valence-electron chi connectivity index (χ2n) is 4.29. The van der Waals surface area contributed by atoms with Crippen LogP contribution in [0.5, 0.6) is 11.5 Å². The highest BCUT2D eigenvalue weighted by atomic mass is 19.1. The minimum atomic E-state index is -1.24. The lowest BCUT2D eigenvalue weighted by atomic mass is 10.0. The van der Waals surface area contributed by atoms with Crippen molar-refractivity contribution in [2.45, 2.75) is 13.1 Å². The van der Waals surface area contributed by atoms with Crippen molar-refractivity contribution < 1.29 is 28.3 Å². The molecule has 0 radical (unpaired) electrons. The first-order chi connectivity index (χ1) is 9.97. The third kappa shape index (κ3) is 2.81. The van der Waals surface area contributed by atoms with Crippen LogP contribution in [0.15, 0.2) is 22.7 Å². The summed E-state index contributed by atoms with van der Waals surface area (Å²) >= 11 is 0. The minimum absolute atomic E-state index is 0.195. The lowest BCUT2D eigenvalue weighted by molar-refractivity contribution is 0.0686. The van der Waals surface area contributed by atoms with Crippen LogP contribution in [0, 0.1) is 0 Å². The second kappa shape index (κ2) is 5.82. The number of aromatic nitrogens is 1. The summed E-state index contributed by atoms with van der Waals surface area (Å²) in [6, 6.07) is 4.27. The maximum absolute atomic E-state index is 13.6. The largest absolute Gasteiger partial charge is 0.496 e. The molecule has 0 aliphatic rings. The lowest BCUT2D eigenvalue weighted by Gasteiger charge is -2.14. The average Bonchev–Trinajstić information content (AvgIpc) is 2.95. The molecular formula is C14H14FNO5. The van der Waals surface area contributed by atoms with Gasteiger partial charge in [-0.2, -0.15) is 0 Å². The van der Waals surface area contributed by atoms with Gasteiger partial charge in [-0.15, -0.1) is 0 Å². The van der Waals surface area contributed by atoms with E-state index in [0.717, 1.165) is 0 Å². The minimum Gasteiger partial charge on any atom is -0.496 e. The molecule has 7 heteroatoms. The number of nitrogens with zero attached hydrogens (tertiary/aromatic N) is 1. The van der Waals surface area contributed by atoms with E-state index in [2.05, 4.69) is 5.16 Å². The van der Waals surface area contributed by atoms with Gasteiger partial charge in [0.25, 0.3) is 0 Å². The Kier molecular flexibility index (Phi) is 4.11. The normalized spacial score (nSPS) is 12.0. The van der Waals surface area contributed by atoms with Crippen LogP contribution in [0.25, 0.3) is 11.3 Å². The zero-order valence-corrected chi connectivity index (χ0v) is 11.7. The number of ether oxygens (including phenoxy) is 2.